The average molecular weight is 281 g/mol. The van der Waals surface area contributed by atoms with Crippen molar-refractivity contribution in [2.24, 2.45) is 0 Å². The van der Waals surface area contributed by atoms with Crippen molar-refractivity contribution in [3.8, 4) is 0 Å². The molecule has 0 spiro atoms. The van der Waals surface area contributed by atoms with Gasteiger partial charge in [0.05, 0.1) is 5.60 Å². The van der Waals surface area contributed by atoms with Gasteiger partial charge in [0.15, 0.2) is 0 Å². The molecule has 0 fully saturated rings. The van der Waals surface area contributed by atoms with Crippen molar-refractivity contribution < 1.29 is 5.11 Å². The Labute approximate surface area is 122 Å². The standard InChI is InChI=1S/C16H27NOS/c1-13-5-8-15(9-6-13)10-7-14(2)17-11-16(3,18)12-19-4/h5-6,8-9,14,17-18H,7,10-12H2,1-4H3. The lowest BCUT2D eigenvalue weighted by molar-refractivity contribution is 0.0817. The van der Waals surface area contributed by atoms with Crippen LogP contribution in [0.15, 0.2) is 24.3 Å². The van der Waals surface area contributed by atoms with Crippen LogP contribution in [0, 0.1) is 6.92 Å². The summed E-state index contributed by atoms with van der Waals surface area (Å²) in [6.07, 6.45) is 4.20. The number of nitrogens with one attached hydrogen (secondary N) is 1. The van der Waals surface area contributed by atoms with Gasteiger partial charge in [0.25, 0.3) is 0 Å². The molecule has 1 aromatic rings. The van der Waals surface area contributed by atoms with Crippen molar-refractivity contribution >= 4 is 11.8 Å². The maximum atomic E-state index is 10.1. The van der Waals surface area contributed by atoms with Crippen LogP contribution in [0.5, 0.6) is 0 Å². The third kappa shape index (κ3) is 7.00. The van der Waals surface area contributed by atoms with Crippen LogP contribution in [0.2, 0.25) is 0 Å². The summed E-state index contributed by atoms with van der Waals surface area (Å²) in [5.74, 6) is 0.769. The predicted octanol–water partition coefficient (Wildman–Crippen LogP) is 3.02. The molecule has 108 valence electrons. The molecule has 0 aliphatic heterocycles. The van der Waals surface area contributed by atoms with Crippen LogP contribution >= 0.6 is 11.8 Å². The van der Waals surface area contributed by atoms with Crippen LogP contribution in [0.3, 0.4) is 0 Å². The van der Waals surface area contributed by atoms with E-state index in [4.69, 9.17) is 0 Å². The van der Waals surface area contributed by atoms with Crippen molar-refractivity contribution in [1.82, 2.24) is 5.32 Å². The summed E-state index contributed by atoms with van der Waals surface area (Å²) in [5.41, 5.74) is 2.08. The molecule has 0 saturated carbocycles. The van der Waals surface area contributed by atoms with Gasteiger partial charge in [0.2, 0.25) is 0 Å². The molecule has 0 heterocycles. The van der Waals surface area contributed by atoms with Crippen molar-refractivity contribution in [2.75, 3.05) is 18.6 Å². The number of thioether (sulfide) groups is 1. The van der Waals surface area contributed by atoms with Gasteiger partial charge in [-0.15, -0.1) is 0 Å². The topological polar surface area (TPSA) is 32.3 Å². The molecule has 0 amide bonds. The van der Waals surface area contributed by atoms with Gasteiger partial charge in [0, 0.05) is 18.3 Å². The molecule has 19 heavy (non-hydrogen) atoms. The van der Waals surface area contributed by atoms with Gasteiger partial charge in [0.1, 0.15) is 0 Å². The van der Waals surface area contributed by atoms with E-state index in [1.54, 1.807) is 11.8 Å². The lowest BCUT2D eigenvalue weighted by Crippen LogP contribution is -2.43. The van der Waals surface area contributed by atoms with E-state index in [0.717, 1.165) is 18.6 Å². The summed E-state index contributed by atoms with van der Waals surface area (Å²) in [4.78, 5) is 0. The van der Waals surface area contributed by atoms with E-state index in [2.05, 4.69) is 43.4 Å². The minimum absolute atomic E-state index is 0.426. The van der Waals surface area contributed by atoms with Crippen molar-refractivity contribution in [3.05, 3.63) is 35.4 Å². The van der Waals surface area contributed by atoms with E-state index in [1.807, 2.05) is 13.2 Å². The van der Waals surface area contributed by atoms with Gasteiger partial charge in [-0.25, -0.2) is 0 Å². The number of aryl methyl sites for hydroxylation is 2. The van der Waals surface area contributed by atoms with Gasteiger partial charge in [-0.1, -0.05) is 29.8 Å². The molecule has 1 rings (SSSR count). The fraction of sp³-hybridized carbons (Fsp3) is 0.625. The van der Waals surface area contributed by atoms with E-state index in [1.165, 1.54) is 11.1 Å². The zero-order chi connectivity index (χ0) is 14.3. The molecule has 0 aromatic heterocycles. The van der Waals surface area contributed by atoms with E-state index < -0.39 is 5.60 Å². The Bertz CT molecular complexity index is 362. The maximum absolute atomic E-state index is 10.1. The first kappa shape index (κ1) is 16.5. The lowest BCUT2D eigenvalue weighted by atomic mass is 10.0. The summed E-state index contributed by atoms with van der Waals surface area (Å²) in [7, 11) is 0. The number of rotatable bonds is 8. The maximum Gasteiger partial charge on any atom is 0.0833 e. The van der Waals surface area contributed by atoms with Crippen molar-refractivity contribution in [1.29, 1.82) is 0 Å². The molecule has 0 aliphatic carbocycles. The Morgan fingerprint density at radius 1 is 1.32 bits per heavy atom. The number of hydrogen-bond donors (Lipinski definition) is 2. The van der Waals surface area contributed by atoms with E-state index in [0.29, 0.717) is 12.6 Å². The van der Waals surface area contributed by atoms with Gasteiger partial charge < -0.3 is 10.4 Å². The van der Waals surface area contributed by atoms with Crippen molar-refractivity contribution in [3.63, 3.8) is 0 Å². The third-order valence-corrected chi connectivity index (χ3v) is 4.18. The van der Waals surface area contributed by atoms with Crippen molar-refractivity contribution in [2.45, 2.75) is 45.3 Å². The molecular weight excluding hydrogens is 254 g/mol. The van der Waals surface area contributed by atoms with E-state index >= 15 is 0 Å². The Kier molecular flexibility index (Phi) is 6.90. The molecule has 0 radical (unpaired) electrons. The van der Waals surface area contributed by atoms with E-state index in [9.17, 15) is 5.11 Å². The average Bonchev–Trinajstić information content (AvgIpc) is 2.36. The summed E-state index contributed by atoms with van der Waals surface area (Å²) in [6, 6.07) is 9.15. The van der Waals surface area contributed by atoms with E-state index in [-0.39, 0.29) is 0 Å². The molecule has 0 bridgehead atoms. The molecule has 2 nitrogen and oxygen atoms in total. The normalized spacial score (nSPS) is 16.1. The Morgan fingerprint density at radius 2 is 1.95 bits per heavy atom. The summed E-state index contributed by atoms with van der Waals surface area (Å²) in [6.45, 7) is 6.84. The molecular formula is C16H27NOS. The fourth-order valence-electron chi connectivity index (χ4n) is 2.00. The number of hydrogen-bond acceptors (Lipinski definition) is 3. The number of benzene rings is 1. The molecule has 0 aliphatic rings. The highest BCUT2D eigenvalue weighted by molar-refractivity contribution is 7.98. The minimum Gasteiger partial charge on any atom is -0.388 e. The zero-order valence-corrected chi connectivity index (χ0v) is 13.4. The predicted molar refractivity (Wildman–Crippen MR) is 86.0 cm³/mol. The second-order valence-electron chi connectivity index (χ2n) is 5.74. The molecule has 0 saturated heterocycles. The summed E-state index contributed by atoms with van der Waals surface area (Å²) < 4.78 is 0. The number of aliphatic hydroxyl groups is 1. The van der Waals surface area contributed by atoms with Gasteiger partial charge in [-0.05, 0) is 45.4 Å². The highest BCUT2D eigenvalue weighted by Gasteiger charge is 2.19. The third-order valence-electron chi connectivity index (χ3n) is 3.27. The first-order valence-electron chi connectivity index (χ1n) is 6.93. The molecule has 1 aromatic carbocycles. The molecule has 2 unspecified atom stereocenters. The molecule has 2 N–H and O–H groups in total. The first-order valence-corrected chi connectivity index (χ1v) is 8.32. The first-order chi connectivity index (χ1) is 8.93. The van der Waals surface area contributed by atoms with Crippen LogP contribution in [0.25, 0.3) is 0 Å². The Balaban J connectivity index is 2.28. The lowest BCUT2D eigenvalue weighted by Gasteiger charge is -2.25. The smallest absolute Gasteiger partial charge is 0.0833 e. The SMILES string of the molecule is CSCC(C)(O)CNC(C)CCc1ccc(C)cc1. The van der Waals surface area contributed by atoms with Crippen LogP contribution in [0.1, 0.15) is 31.4 Å². The summed E-state index contributed by atoms with van der Waals surface area (Å²) >= 11 is 1.68. The van der Waals surface area contributed by atoms with Crippen LogP contribution in [-0.4, -0.2) is 35.3 Å². The highest BCUT2D eigenvalue weighted by atomic mass is 32.2. The second-order valence-corrected chi connectivity index (χ2v) is 6.60. The minimum atomic E-state index is -0.614. The van der Waals surface area contributed by atoms with Gasteiger partial charge in [-0.2, -0.15) is 11.8 Å². The van der Waals surface area contributed by atoms with Gasteiger partial charge in [-0.3, -0.25) is 0 Å². The monoisotopic (exact) mass is 281 g/mol. The molecule has 2 atom stereocenters. The van der Waals surface area contributed by atoms with Crippen LogP contribution in [-0.2, 0) is 6.42 Å². The van der Waals surface area contributed by atoms with Crippen LogP contribution < -0.4 is 5.32 Å². The second kappa shape index (κ2) is 7.93. The fourth-order valence-corrected chi connectivity index (χ4v) is 2.72. The Hall–Kier alpha value is -0.510. The van der Waals surface area contributed by atoms with Gasteiger partial charge >= 0.3 is 0 Å². The quantitative estimate of drug-likeness (QED) is 0.768. The van der Waals surface area contributed by atoms with Crippen LogP contribution in [0.4, 0.5) is 0 Å². The Morgan fingerprint density at radius 3 is 2.53 bits per heavy atom. The molecule has 3 heteroatoms. The summed E-state index contributed by atoms with van der Waals surface area (Å²) in [5, 5.41) is 13.5. The zero-order valence-electron chi connectivity index (χ0n) is 12.6. The largest absolute Gasteiger partial charge is 0.388 e. The highest BCUT2D eigenvalue weighted by Crippen LogP contribution is 2.11.